The van der Waals surface area contributed by atoms with E-state index in [-0.39, 0.29) is 11.6 Å². The summed E-state index contributed by atoms with van der Waals surface area (Å²) in [6.45, 7) is 1.11. The van der Waals surface area contributed by atoms with Gasteiger partial charge in [0.1, 0.15) is 11.5 Å². The number of primary amides is 1. The van der Waals surface area contributed by atoms with Crippen molar-refractivity contribution in [3.8, 4) is 28.8 Å². The number of aliphatic hydroxyl groups is 1. The molecule has 3 rings (SSSR count). The molecule has 0 aliphatic rings. The largest absolute Gasteiger partial charge is 0.462 e. The number of carbonyl (C=O) groups excluding carboxylic acids is 1. The molecule has 0 bridgehead atoms. The van der Waals surface area contributed by atoms with Crippen molar-refractivity contribution in [2.75, 3.05) is 6.61 Å². The number of amides is 1. The molecule has 0 aliphatic heterocycles. The molecule has 0 fully saturated rings. The Labute approximate surface area is 175 Å². The zero-order chi connectivity index (χ0) is 22.6. The van der Waals surface area contributed by atoms with Crippen molar-refractivity contribution in [1.82, 2.24) is 9.97 Å². The first-order valence-electron chi connectivity index (χ1n) is 9.04. The van der Waals surface area contributed by atoms with Crippen LogP contribution in [0.1, 0.15) is 11.3 Å². The molecule has 1 heterocycles. The fourth-order valence-corrected chi connectivity index (χ4v) is 2.58. The van der Waals surface area contributed by atoms with Gasteiger partial charge >= 0.3 is 6.18 Å². The number of rotatable bonds is 7. The van der Waals surface area contributed by atoms with Crippen molar-refractivity contribution in [3.05, 3.63) is 65.9 Å². The van der Waals surface area contributed by atoms with E-state index in [1.807, 2.05) is 0 Å². The van der Waals surface area contributed by atoms with Crippen LogP contribution in [0.4, 0.5) is 13.2 Å². The first-order chi connectivity index (χ1) is 14.7. The van der Waals surface area contributed by atoms with Crippen molar-refractivity contribution in [3.63, 3.8) is 0 Å². The molecule has 0 spiro atoms. The van der Waals surface area contributed by atoms with Gasteiger partial charge in [0.15, 0.2) is 5.82 Å². The maximum atomic E-state index is 12.6. The zero-order valence-corrected chi connectivity index (χ0v) is 16.3. The van der Waals surface area contributed by atoms with Crippen molar-refractivity contribution in [2.24, 2.45) is 5.73 Å². The third-order valence-corrected chi connectivity index (χ3v) is 4.11. The van der Waals surface area contributed by atoms with Gasteiger partial charge in [-0.1, -0.05) is 0 Å². The normalized spacial score (nSPS) is 12.3. The maximum absolute atomic E-state index is 12.6. The quantitative estimate of drug-likeness (QED) is 0.591. The molecule has 3 N–H and O–H groups in total. The minimum atomic E-state index is -4.41. The molecule has 2 aromatic carbocycles. The predicted molar refractivity (Wildman–Crippen MR) is 104 cm³/mol. The van der Waals surface area contributed by atoms with Crippen LogP contribution in [0.2, 0.25) is 0 Å². The molecule has 3 aromatic rings. The molecule has 10 heteroatoms. The zero-order valence-electron chi connectivity index (χ0n) is 16.3. The summed E-state index contributed by atoms with van der Waals surface area (Å²) >= 11 is 0. The molecule has 1 atom stereocenters. The first-order valence-corrected chi connectivity index (χ1v) is 9.04. The minimum Gasteiger partial charge on any atom is -0.462 e. The van der Waals surface area contributed by atoms with Crippen LogP contribution in [0.15, 0.2) is 54.6 Å². The molecule has 1 unspecified atom stereocenters. The lowest BCUT2D eigenvalue weighted by Gasteiger charge is -2.14. The van der Waals surface area contributed by atoms with Gasteiger partial charge in [0, 0.05) is 17.3 Å². The molecule has 0 saturated heterocycles. The van der Waals surface area contributed by atoms with Gasteiger partial charge in [-0.25, -0.2) is 4.98 Å². The van der Waals surface area contributed by atoms with E-state index in [2.05, 4.69) is 9.97 Å². The highest BCUT2D eigenvalue weighted by atomic mass is 19.4. The highest BCUT2D eigenvalue weighted by Crippen LogP contribution is 2.31. The number of aryl methyl sites for hydroxylation is 1. The Kier molecular flexibility index (Phi) is 6.40. The van der Waals surface area contributed by atoms with Gasteiger partial charge in [-0.2, -0.15) is 18.2 Å². The van der Waals surface area contributed by atoms with Gasteiger partial charge < -0.3 is 20.3 Å². The van der Waals surface area contributed by atoms with Crippen LogP contribution in [0.25, 0.3) is 11.4 Å². The van der Waals surface area contributed by atoms with Gasteiger partial charge in [0.25, 0.3) is 5.91 Å². The van der Waals surface area contributed by atoms with Gasteiger partial charge in [-0.15, -0.1) is 0 Å². The Morgan fingerprint density at radius 3 is 2.16 bits per heavy atom. The van der Waals surface area contributed by atoms with E-state index in [1.165, 1.54) is 18.2 Å². The lowest BCUT2D eigenvalue weighted by atomic mass is 10.2. The molecule has 31 heavy (non-hydrogen) atoms. The minimum absolute atomic E-state index is 0.0745. The molecule has 0 radical (unpaired) electrons. The summed E-state index contributed by atoms with van der Waals surface area (Å²) in [5, 5.41) is 9.18. The van der Waals surface area contributed by atoms with Crippen LogP contribution in [-0.2, 0) is 11.0 Å². The third kappa shape index (κ3) is 5.70. The Balaban J connectivity index is 1.76. The third-order valence-electron chi connectivity index (χ3n) is 4.11. The van der Waals surface area contributed by atoms with E-state index in [4.69, 9.17) is 15.2 Å². The predicted octanol–water partition coefficient (Wildman–Crippen LogP) is 3.49. The highest BCUT2D eigenvalue weighted by molar-refractivity contribution is 5.79. The molecule has 0 aliphatic carbocycles. The second kappa shape index (κ2) is 9.00. The number of benzene rings is 2. The molecule has 7 nitrogen and oxygen atoms in total. The van der Waals surface area contributed by atoms with E-state index < -0.39 is 30.4 Å². The number of aromatic nitrogens is 2. The number of hydrogen-bond donors (Lipinski definition) is 2. The van der Waals surface area contributed by atoms with E-state index in [0.717, 1.165) is 12.1 Å². The Bertz CT molecular complexity index is 1050. The van der Waals surface area contributed by atoms with E-state index in [9.17, 15) is 23.1 Å². The van der Waals surface area contributed by atoms with Crippen LogP contribution in [-0.4, -0.2) is 33.7 Å². The standard InChI is InChI=1S/C21H18F3N3O4/c1-12-10-18(31-17(11-28)19(25)29)27-20(26-12)13-2-6-15(7-3-13)30-16-8-4-14(5-9-16)21(22,23)24/h2-10,17,28H,11H2,1H3,(H2,25,29). The van der Waals surface area contributed by atoms with E-state index in [1.54, 1.807) is 31.2 Å². The molecule has 0 saturated carbocycles. The number of hydrogen-bond acceptors (Lipinski definition) is 6. The number of halogens is 3. The number of ether oxygens (including phenoxy) is 2. The highest BCUT2D eigenvalue weighted by Gasteiger charge is 2.30. The number of alkyl halides is 3. The summed E-state index contributed by atoms with van der Waals surface area (Å²) < 4.78 is 48.8. The van der Waals surface area contributed by atoms with Crippen molar-refractivity contribution in [2.45, 2.75) is 19.2 Å². The summed E-state index contributed by atoms with van der Waals surface area (Å²) in [6.07, 6.45) is -5.65. The van der Waals surface area contributed by atoms with E-state index in [0.29, 0.717) is 22.8 Å². The molecule has 1 aromatic heterocycles. The van der Waals surface area contributed by atoms with Crippen molar-refractivity contribution < 1.29 is 32.5 Å². The number of nitrogens with two attached hydrogens (primary N) is 1. The number of aliphatic hydroxyl groups excluding tert-OH is 1. The van der Waals surface area contributed by atoms with Crippen LogP contribution in [0.3, 0.4) is 0 Å². The Morgan fingerprint density at radius 1 is 1.06 bits per heavy atom. The van der Waals surface area contributed by atoms with Crippen molar-refractivity contribution >= 4 is 5.91 Å². The van der Waals surface area contributed by atoms with Crippen LogP contribution < -0.4 is 15.2 Å². The SMILES string of the molecule is Cc1cc(OC(CO)C(N)=O)nc(-c2ccc(Oc3ccc(C(F)(F)F)cc3)cc2)n1. The smallest absolute Gasteiger partial charge is 0.416 e. The fraction of sp³-hybridized carbons (Fsp3) is 0.190. The Morgan fingerprint density at radius 2 is 1.65 bits per heavy atom. The van der Waals surface area contributed by atoms with Gasteiger partial charge in [-0.05, 0) is 55.5 Å². The number of carbonyl (C=O) groups is 1. The second-order valence-electron chi connectivity index (χ2n) is 6.51. The average molecular weight is 433 g/mol. The summed E-state index contributed by atoms with van der Waals surface area (Å²) in [5.74, 6) is 0.208. The number of nitrogens with zero attached hydrogens (tertiary/aromatic N) is 2. The lowest BCUT2D eigenvalue weighted by Crippen LogP contribution is -2.37. The topological polar surface area (TPSA) is 108 Å². The van der Waals surface area contributed by atoms with Crippen molar-refractivity contribution in [1.29, 1.82) is 0 Å². The summed E-state index contributed by atoms with van der Waals surface area (Å²) in [4.78, 5) is 19.8. The average Bonchev–Trinajstić information content (AvgIpc) is 2.71. The van der Waals surface area contributed by atoms with Gasteiger partial charge in [0.05, 0.1) is 12.2 Å². The molecular formula is C21H18F3N3O4. The maximum Gasteiger partial charge on any atom is 0.416 e. The lowest BCUT2D eigenvalue weighted by molar-refractivity contribution is -0.137. The van der Waals surface area contributed by atoms with Gasteiger partial charge in [0.2, 0.25) is 12.0 Å². The van der Waals surface area contributed by atoms with Gasteiger partial charge in [-0.3, -0.25) is 4.79 Å². The van der Waals surface area contributed by atoms with Crippen LogP contribution in [0.5, 0.6) is 17.4 Å². The molecular weight excluding hydrogens is 415 g/mol. The fourth-order valence-electron chi connectivity index (χ4n) is 2.58. The summed E-state index contributed by atoms with van der Waals surface area (Å²) in [5.41, 5.74) is 5.56. The summed E-state index contributed by atoms with van der Waals surface area (Å²) in [7, 11) is 0. The molecule has 1 amide bonds. The monoisotopic (exact) mass is 433 g/mol. The van der Waals surface area contributed by atoms with Crippen LogP contribution >= 0.6 is 0 Å². The van der Waals surface area contributed by atoms with Crippen LogP contribution in [0, 0.1) is 6.92 Å². The Hall–Kier alpha value is -3.66. The van der Waals surface area contributed by atoms with E-state index >= 15 is 0 Å². The molecule has 162 valence electrons. The first kappa shape index (κ1) is 22.0. The second-order valence-corrected chi connectivity index (χ2v) is 6.51. The summed E-state index contributed by atoms with van der Waals surface area (Å²) in [6, 6.07) is 12.4.